The molecule has 7 nitrogen and oxygen atoms in total. The molecule has 0 amide bonds. The molecule has 2 N–H and O–H groups in total. The number of hydrogen-bond acceptors (Lipinski definition) is 5. The number of aryl methyl sites for hydroxylation is 1. The number of esters is 1. The molecule has 2 aromatic rings. The van der Waals surface area contributed by atoms with Crippen molar-refractivity contribution in [2.24, 2.45) is 0 Å². The van der Waals surface area contributed by atoms with E-state index >= 15 is 0 Å². The van der Waals surface area contributed by atoms with E-state index < -0.39 is 10.1 Å². The molecule has 2 aromatic carbocycles. The van der Waals surface area contributed by atoms with E-state index in [-0.39, 0.29) is 27.4 Å². The van der Waals surface area contributed by atoms with E-state index in [1.165, 1.54) is 12.1 Å². The highest BCUT2D eigenvalue weighted by Gasteiger charge is 2.28. The number of nitrogens with zero attached hydrogens (tertiary/aromatic N) is 1. The highest BCUT2D eigenvalue weighted by atomic mass is 32.2. The van der Waals surface area contributed by atoms with Gasteiger partial charge in [0.1, 0.15) is 5.75 Å². The van der Waals surface area contributed by atoms with E-state index in [0.717, 1.165) is 34.1 Å². The van der Waals surface area contributed by atoms with Gasteiger partial charge in [-0.2, -0.15) is 8.42 Å². The average molecular weight is 523 g/mol. The Bertz CT molecular complexity index is 1100. The molecule has 0 aliphatic heterocycles. The molecule has 0 aliphatic carbocycles. The van der Waals surface area contributed by atoms with Gasteiger partial charge in [-0.1, -0.05) is 59.2 Å². The van der Waals surface area contributed by atoms with Crippen molar-refractivity contribution in [2.45, 2.75) is 70.6 Å². The van der Waals surface area contributed by atoms with Crippen molar-refractivity contribution >= 4 is 16.1 Å². The van der Waals surface area contributed by atoms with Gasteiger partial charge in [-0.15, -0.1) is 0 Å². The molecule has 0 saturated carbocycles. The predicted octanol–water partition coefficient (Wildman–Crippen LogP) is 5.48. The number of ether oxygens (including phenoxy) is 1. The number of aromatic hydroxyl groups is 1. The first kappa shape index (κ1) is 31.6. The molecule has 0 unspecified atom stereocenters. The number of carbonyl (C=O) groups excluding carboxylic acids is 1. The lowest BCUT2D eigenvalue weighted by molar-refractivity contribution is -0.870. The lowest BCUT2D eigenvalue weighted by Gasteiger charge is -2.28. The summed E-state index contributed by atoms with van der Waals surface area (Å²) in [6, 6.07) is 9.53. The Labute approximate surface area is 217 Å². The van der Waals surface area contributed by atoms with Crippen LogP contribution in [0.15, 0.2) is 41.3 Å². The summed E-state index contributed by atoms with van der Waals surface area (Å²) < 4.78 is 35.9. The third kappa shape index (κ3) is 10.3. The van der Waals surface area contributed by atoms with Crippen molar-refractivity contribution < 1.29 is 32.1 Å². The van der Waals surface area contributed by atoms with Gasteiger partial charge in [-0.3, -0.25) is 4.55 Å². The molecule has 0 fully saturated rings. The molecule has 0 bridgehead atoms. The average Bonchev–Trinajstić information content (AvgIpc) is 2.69. The van der Waals surface area contributed by atoms with Crippen LogP contribution in [0.2, 0.25) is 0 Å². The normalized spacial score (nSPS) is 12.5. The van der Waals surface area contributed by atoms with Crippen molar-refractivity contribution in [1.82, 2.24) is 0 Å². The van der Waals surface area contributed by atoms with E-state index in [9.17, 15) is 18.3 Å². The lowest BCUT2D eigenvalue weighted by Crippen LogP contribution is -2.35. The summed E-state index contributed by atoms with van der Waals surface area (Å²) in [6.45, 7) is 15.4. The van der Waals surface area contributed by atoms with Gasteiger partial charge in [0.2, 0.25) is 0 Å². The Kier molecular flexibility index (Phi) is 10.3. The second-order valence-corrected chi connectivity index (χ2v) is 13.6. The van der Waals surface area contributed by atoms with Crippen LogP contribution < -0.4 is 0 Å². The number of quaternary nitrogens is 1. The minimum atomic E-state index is -4.02. The first-order chi connectivity index (χ1) is 16.1. The largest absolute Gasteiger partial charge is 0.507 e. The zero-order valence-corrected chi connectivity index (χ0v) is 24.3. The summed E-state index contributed by atoms with van der Waals surface area (Å²) in [7, 11) is 2.33. The standard InChI is InChI=1S/C21H35NO3.C7H8O3S/c1-20(2,3)16-13-15(14-17(18(16)23)21(4,5)6)19(24)25-12-10-11-22(7,8)9;1-6-2-4-7(5-3-6)11(8,9)10/h13-14H,10-12H2,1-9H3;2-5H,1H3,(H,8,9,10)/p+1. The maximum Gasteiger partial charge on any atom is 0.338 e. The SMILES string of the molecule is CC(C)(C)c1cc(C(=O)OCCC[N+](C)(C)C)cc(C(C)(C)C)c1O.Cc1ccc(S(=O)(=O)O)cc1. The Morgan fingerprint density at radius 1 is 0.917 bits per heavy atom. The van der Waals surface area contributed by atoms with E-state index in [1.807, 2.05) is 48.5 Å². The Morgan fingerprint density at radius 2 is 1.36 bits per heavy atom. The van der Waals surface area contributed by atoms with Crippen LogP contribution in [0.4, 0.5) is 0 Å². The first-order valence-corrected chi connectivity index (χ1v) is 13.5. The van der Waals surface area contributed by atoms with Crippen LogP contribution in [-0.2, 0) is 25.7 Å². The molecule has 0 aliphatic rings. The highest BCUT2D eigenvalue weighted by Crippen LogP contribution is 2.39. The summed E-state index contributed by atoms with van der Waals surface area (Å²) in [5.74, 6) is -0.0426. The summed E-state index contributed by atoms with van der Waals surface area (Å²) in [5, 5.41) is 10.7. The Balaban J connectivity index is 0.000000488. The monoisotopic (exact) mass is 522 g/mol. The molecule has 0 aromatic heterocycles. The van der Waals surface area contributed by atoms with Crippen molar-refractivity contribution in [1.29, 1.82) is 0 Å². The molecule has 0 spiro atoms. The van der Waals surface area contributed by atoms with Gasteiger partial charge in [0.25, 0.3) is 10.1 Å². The predicted molar refractivity (Wildman–Crippen MR) is 144 cm³/mol. The fourth-order valence-corrected chi connectivity index (χ4v) is 3.87. The minimum absolute atomic E-state index is 0.0666. The second-order valence-electron chi connectivity index (χ2n) is 12.2. The topological polar surface area (TPSA) is 101 Å². The molecule has 0 atom stereocenters. The van der Waals surface area contributed by atoms with Crippen LogP contribution in [-0.4, -0.2) is 62.8 Å². The van der Waals surface area contributed by atoms with Crippen molar-refractivity contribution in [3.05, 3.63) is 58.7 Å². The number of hydrogen-bond donors (Lipinski definition) is 2. The highest BCUT2D eigenvalue weighted by molar-refractivity contribution is 7.85. The summed E-state index contributed by atoms with van der Waals surface area (Å²) >= 11 is 0. The van der Waals surface area contributed by atoms with Crippen LogP contribution in [0.5, 0.6) is 5.75 Å². The van der Waals surface area contributed by atoms with E-state index in [2.05, 4.69) is 21.1 Å². The van der Waals surface area contributed by atoms with Crippen molar-refractivity contribution in [2.75, 3.05) is 34.3 Å². The molecular formula is C28H44NO6S+. The molecule has 0 heterocycles. The third-order valence-electron chi connectivity index (χ3n) is 5.49. The van der Waals surface area contributed by atoms with Crippen LogP contribution in [0.1, 0.15) is 75.0 Å². The van der Waals surface area contributed by atoms with Crippen molar-refractivity contribution in [3.8, 4) is 5.75 Å². The number of phenolic OH excluding ortho intramolecular Hbond substituents is 1. The molecule has 202 valence electrons. The lowest BCUT2D eigenvalue weighted by atomic mass is 9.78. The van der Waals surface area contributed by atoms with Gasteiger partial charge in [0, 0.05) is 17.5 Å². The van der Waals surface area contributed by atoms with Crippen LogP contribution >= 0.6 is 0 Å². The van der Waals surface area contributed by atoms with Gasteiger partial charge < -0.3 is 14.3 Å². The minimum Gasteiger partial charge on any atom is -0.507 e. The van der Waals surface area contributed by atoms with Gasteiger partial charge in [0.05, 0.1) is 44.8 Å². The van der Waals surface area contributed by atoms with Crippen LogP contribution in [0, 0.1) is 6.92 Å². The van der Waals surface area contributed by atoms with Crippen LogP contribution in [0.25, 0.3) is 0 Å². The zero-order chi connectivity index (χ0) is 28.1. The quantitative estimate of drug-likeness (QED) is 0.225. The molecule has 0 radical (unpaired) electrons. The van der Waals surface area contributed by atoms with Gasteiger partial charge >= 0.3 is 5.97 Å². The summed E-state index contributed by atoms with van der Waals surface area (Å²) in [6.07, 6.45) is 0.825. The Morgan fingerprint density at radius 3 is 1.72 bits per heavy atom. The van der Waals surface area contributed by atoms with E-state index in [0.29, 0.717) is 12.2 Å². The maximum absolute atomic E-state index is 12.5. The molecule has 2 rings (SSSR count). The second kappa shape index (κ2) is 11.8. The number of phenols is 1. The van der Waals surface area contributed by atoms with E-state index in [4.69, 9.17) is 9.29 Å². The first-order valence-electron chi connectivity index (χ1n) is 12.0. The maximum atomic E-state index is 12.5. The van der Waals surface area contributed by atoms with Gasteiger partial charge in [-0.05, 0) is 42.0 Å². The number of carbonyl (C=O) groups is 1. The number of benzene rings is 2. The fraction of sp³-hybridized carbons (Fsp3) is 0.536. The summed E-state index contributed by atoms with van der Waals surface area (Å²) in [5.41, 5.74) is 2.50. The summed E-state index contributed by atoms with van der Waals surface area (Å²) in [4.78, 5) is 12.5. The van der Waals surface area contributed by atoms with Crippen LogP contribution in [0.3, 0.4) is 0 Å². The molecule has 0 saturated heterocycles. The molecule has 8 heteroatoms. The van der Waals surface area contributed by atoms with Gasteiger partial charge in [-0.25, -0.2) is 4.79 Å². The smallest absolute Gasteiger partial charge is 0.338 e. The zero-order valence-electron chi connectivity index (χ0n) is 23.5. The van der Waals surface area contributed by atoms with Gasteiger partial charge in [0.15, 0.2) is 0 Å². The fourth-order valence-electron chi connectivity index (χ4n) is 3.39. The Hall–Kier alpha value is -2.42. The third-order valence-corrected chi connectivity index (χ3v) is 6.35. The number of rotatable bonds is 6. The van der Waals surface area contributed by atoms with Crippen molar-refractivity contribution in [3.63, 3.8) is 0 Å². The molecule has 36 heavy (non-hydrogen) atoms. The molecular weight excluding hydrogens is 478 g/mol. The van der Waals surface area contributed by atoms with E-state index in [1.54, 1.807) is 24.3 Å².